The monoisotopic (exact) mass is 318 g/mol. The van der Waals surface area contributed by atoms with Crippen molar-refractivity contribution >= 4 is 13.6 Å². The number of ketones is 1. The van der Waals surface area contributed by atoms with Crippen LogP contribution in [0.4, 0.5) is 0 Å². The predicted octanol–water partition coefficient (Wildman–Crippen LogP) is 2.78. The Hall–Kier alpha value is -1.40. The number of phenolic OH excluding ortho intramolecular Hbond substituents is 1. The number of rotatable bonds is 9. The summed E-state index contributed by atoms with van der Waals surface area (Å²) in [7, 11) is -2.35. The van der Waals surface area contributed by atoms with Crippen LogP contribution in [0.5, 0.6) is 11.5 Å². The van der Waals surface area contributed by atoms with Crippen molar-refractivity contribution in [1.29, 1.82) is 0 Å². The van der Waals surface area contributed by atoms with Crippen molar-refractivity contribution in [3.8, 4) is 11.5 Å². The SMILES string of the molecule is CCOP(=O)(OCC)OCC(=O)c1ccc(O)c(OC)c1. The third-order valence-corrected chi connectivity index (χ3v) is 4.02. The first-order valence-corrected chi connectivity index (χ1v) is 7.85. The molecule has 1 aromatic rings. The molecule has 0 aliphatic heterocycles. The van der Waals surface area contributed by atoms with Crippen molar-refractivity contribution in [1.82, 2.24) is 0 Å². The molecule has 0 saturated heterocycles. The van der Waals surface area contributed by atoms with Crippen LogP contribution in [0.15, 0.2) is 18.2 Å². The average Bonchev–Trinajstić information content (AvgIpc) is 2.46. The van der Waals surface area contributed by atoms with Crippen LogP contribution in [0.3, 0.4) is 0 Å². The molecule has 0 bridgehead atoms. The summed E-state index contributed by atoms with van der Waals surface area (Å²) >= 11 is 0. The highest BCUT2D eigenvalue weighted by Gasteiger charge is 2.27. The number of carbonyl (C=O) groups excluding carboxylic acids is 1. The molecule has 0 amide bonds. The Labute approximate surface area is 123 Å². The van der Waals surface area contributed by atoms with Gasteiger partial charge in [-0.25, -0.2) is 4.57 Å². The van der Waals surface area contributed by atoms with Crippen molar-refractivity contribution in [2.45, 2.75) is 13.8 Å². The molecular formula is C13H19O7P. The van der Waals surface area contributed by atoms with Crippen molar-refractivity contribution in [3.05, 3.63) is 23.8 Å². The number of carbonyl (C=O) groups is 1. The number of Topliss-reactive ketones (excluding diaryl/α,β-unsaturated/α-hetero) is 1. The fourth-order valence-corrected chi connectivity index (χ4v) is 2.63. The normalized spacial score (nSPS) is 11.4. The van der Waals surface area contributed by atoms with E-state index in [-0.39, 0.29) is 30.3 Å². The molecule has 118 valence electrons. The summed E-state index contributed by atoms with van der Waals surface area (Å²) in [5, 5.41) is 9.46. The van der Waals surface area contributed by atoms with Crippen LogP contribution >= 0.6 is 7.82 Å². The molecule has 0 heterocycles. The van der Waals surface area contributed by atoms with Crippen molar-refractivity contribution in [2.24, 2.45) is 0 Å². The van der Waals surface area contributed by atoms with Crippen molar-refractivity contribution < 1.29 is 32.8 Å². The van der Waals surface area contributed by atoms with E-state index in [1.807, 2.05) is 0 Å². The van der Waals surface area contributed by atoms with E-state index >= 15 is 0 Å². The second-order valence-corrected chi connectivity index (χ2v) is 5.54. The molecular weight excluding hydrogens is 299 g/mol. The first-order chi connectivity index (χ1) is 9.95. The van der Waals surface area contributed by atoms with Crippen LogP contribution in [0.2, 0.25) is 0 Å². The van der Waals surface area contributed by atoms with Gasteiger partial charge < -0.3 is 9.84 Å². The lowest BCUT2D eigenvalue weighted by Crippen LogP contribution is -2.10. The second kappa shape index (κ2) is 8.14. The van der Waals surface area contributed by atoms with Crippen LogP contribution in [-0.4, -0.2) is 37.8 Å². The van der Waals surface area contributed by atoms with Crippen LogP contribution in [-0.2, 0) is 18.1 Å². The molecule has 0 aliphatic carbocycles. The van der Waals surface area contributed by atoms with Gasteiger partial charge in [0, 0.05) is 5.56 Å². The van der Waals surface area contributed by atoms with Gasteiger partial charge in [-0.3, -0.25) is 18.4 Å². The summed E-state index contributed by atoms with van der Waals surface area (Å²) in [6, 6.07) is 4.11. The number of benzene rings is 1. The summed E-state index contributed by atoms with van der Waals surface area (Å²) in [6.45, 7) is 3.09. The van der Waals surface area contributed by atoms with Crippen LogP contribution in [0.25, 0.3) is 0 Å². The van der Waals surface area contributed by atoms with Crippen molar-refractivity contribution in [3.63, 3.8) is 0 Å². The lowest BCUT2D eigenvalue weighted by molar-refractivity contribution is 0.0815. The summed E-state index contributed by atoms with van der Waals surface area (Å²) in [4.78, 5) is 12.0. The van der Waals surface area contributed by atoms with E-state index in [9.17, 15) is 14.5 Å². The molecule has 0 aliphatic rings. The molecule has 1 aromatic carbocycles. The topological polar surface area (TPSA) is 91.3 Å². The summed E-state index contributed by atoms with van der Waals surface area (Å²) in [5.74, 6) is -0.351. The predicted molar refractivity (Wildman–Crippen MR) is 75.8 cm³/mol. The van der Waals surface area contributed by atoms with Gasteiger partial charge in [0.1, 0.15) is 6.61 Å². The minimum atomic E-state index is -3.72. The maximum absolute atomic E-state index is 12.0. The molecule has 1 rings (SSSR count). The van der Waals surface area contributed by atoms with Gasteiger partial charge in [0.25, 0.3) is 0 Å². The van der Waals surface area contributed by atoms with Gasteiger partial charge in [-0.15, -0.1) is 0 Å². The number of ether oxygens (including phenoxy) is 1. The van der Waals surface area contributed by atoms with Crippen LogP contribution in [0, 0.1) is 0 Å². The first-order valence-electron chi connectivity index (χ1n) is 6.39. The third kappa shape index (κ3) is 5.13. The molecule has 0 unspecified atom stereocenters. The van der Waals surface area contributed by atoms with Crippen LogP contribution in [0.1, 0.15) is 24.2 Å². The molecule has 0 saturated carbocycles. The smallest absolute Gasteiger partial charge is 0.475 e. The Bertz CT molecular complexity index is 519. The number of hydrogen-bond donors (Lipinski definition) is 1. The minimum Gasteiger partial charge on any atom is -0.504 e. The summed E-state index contributed by atoms with van der Waals surface area (Å²) in [6.07, 6.45) is 0. The highest BCUT2D eigenvalue weighted by molar-refractivity contribution is 7.48. The van der Waals surface area contributed by atoms with E-state index in [4.69, 9.17) is 18.3 Å². The zero-order chi connectivity index (χ0) is 15.9. The van der Waals surface area contributed by atoms with Gasteiger partial charge >= 0.3 is 7.82 Å². The fraction of sp³-hybridized carbons (Fsp3) is 0.462. The van der Waals surface area contributed by atoms with Gasteiger partial charge in [0.15, 0.2) is 17.3 Å². The number of hydrogen-bond acceptors (Lipinski definition) is 7. The summed E-state index contributed by atoms with van der Waals surface area (Å²) < 4.78 is 31.8. The maximum Gasteiger partial charge on any atom is 0.475 e. The van der Waals surface area contributed by atoms with Crippen molar-refractivity contribution in [2.75, 3.05) is 26.9 Å². The molecule has 8 heteroatoms. The molecule has 21 heavy (non-hydrogen) atoms. The lowest BCUT2D eigenvalue weighted by Gasteiger charge is -2.15. The highest BCUT2D eigenvalue weighted by Crippen LogP contribution is 2.49. The lowest BCUT2D eigenvalue weighted by atomic mass is 10.1. The zero-order valence-electron chi connectivity index (χ0n) is 12.2. The van der Waals surface area contributed by atoms with E-state index in [1.54, 1.807) is 13.8 Å². The molecule has 0 radical (unpaired) electrons. The van der Waals surface area contributed by atoms with E-state index in [1.165, 1.54) is 25.3 Å². The van der Waals surface area contributed by atoms with E-state index in [2.05, 4.69) is 0 Å². The Kier molecular flexibility index (Phi) is 6.84. The molecule has 0 spiro atoms. The molecule has 1 N–H and O–H groups in total. The van der Waals surface area contributed by atoms with E-state index < -0.39 is 20.2 Å². The third-order valence-electron chi connectivity index (χ3n) is 2.43. The standard InChI is InChI=1S/C13H19O7P/c1-4-18-21(16,19-5-2)20-9-12(15)10-6-7-11(14)13(8-10)17-3/h6-8,14H,4-5,9H2,1-3H3. The largest absolute Gasteiger partial charge is 0.504 e. The Morgan fingerprint density at radius 1 is 1.19 bits per heavy atom. The highest BCUT2D eigenvalue weighted by atomic mass is 31.2. The van der Waals surface area contributed by atoms with E-state index in [0.29, 0.717) is 0 Å². The van der Waals surface area contributed by atoms with Gasteiger partial charge in [-0.2, -0.15) is 0 Å². The maximum atomic E-state index is 12.0. The average molecular weight is 318 g/mol. The molecule has 7 nitrogen and oxygen atoms in total. The molecule has 0 aromatic heterocycles. The molecule has 0 fully saturated rings. The van der Waals surface area contributed by atoms with Gasteiger partial charge in [0.05, 0.1) is 20.3 Å². The number of aromatic hydroxyl groups is 1. The Morgan fingerprint density at radius 3 is 2.33 bits per heavy atom. The molecule has 0 atom stereocenters. The first kappa shape index (κ1) is 17.7. The van der Waals surface area contributed by atoms with Gasteiger partial charge in [0.2, 0.25) is 0 Å². The number of phosphoric acid groups is 1. The van der Waals surface area contributed by atoms with Crippen LogP contribution < -0.4 is 4.74 Å². The Morgan fingerprint density at radius 2 is 1.81 bits per heavy atom. The zero-order valence-corrected chi connectivity index (χ0v) is 13.1. The minimum absolute atomic E-state index is 0.0794. The fourth-order valence-electron chi connectivity index (χ4n) is 1.50. The number of phenols is 1. The Balaban J connectivity index is 2.74. The summed E-state index contributed by atoms with van der Waals surface area (Å²) in [5.41, 5.74) is 0.254. The van der Waals surface area contributed by atoms with Gasteiger partial charge in [-0.1, -0.05) is 0 Å². The number of phosphoric ester groups is 1. The quantitative estimate of drug-likeness (QED) is 0.553. The van der Waals surface area contributed by atoms with E-state index in [0.717, 1.165) is 0 Å². The number of methoxy groups -OCH3 is 1. The second-order valence-electron chi connectivity index (χ2n) is 3.87. The van der Waals surface area contributed by atoms with Gasteiger partial charge in [-0.05, 0) is 32.0 Å².